The summed E-state index contributed by atoms with van der Waals surface area (Å²) >= 11 is 1.80. The van der Waals surface area contributed by atoms with Crippen LogP contribution in [0, 0.1) is 0 Å². The monoisotopic (exact) mass is 240 g/mol. The van der Waals surface area contributed by atoms with Crippen molar-refractivity contribution in [2.45, 2.75) is 44.2 Å². The molecule has 0 aliphatic carbocycles. The highest BCUT2D eigenvalue weighted by Gasteiger charge is 2.17. The van der Waals surface area contributed by atoms with Crippen LogP contribution in [0.3, 0.4) is 0 Å². The molecule has 1 aromatic rings. The van der Waals surface area contributed by atoms with Crippen molar-refractivity contribution in [2.24, 2.45) is 5.84 Å². The van der Waals surface area contributed by atoms with E-state index in [0.29, 0.717) is 12.1 Å². The molecule has 2 heterocycles. The van der Waals surface area contributed by atoms with Crippen molar-refractivity contribution >= 4 is 11.3 Å². The lowest BCUT2D eigenvalue weighted by Crippen LogP contribution is -2.37. The Morgan fingerprint density at radius 2 is 2.56 bits per heavy atom. The van der Waals surface area contributed by atoms with E-state index in [1.54, 1.807) is 11.3 Å². The fraction of sp³-hybridized carbons (Fsp3) is 0.667. The predicted octanol–water partition coefficient (Wildman–Crippen LogP) is 2.08. The van der Waals surface area contributed by atoms with Gasteiger partial charge in [-0.15, -0.1) is 11.3 Å². The van der Waals surface area contributed by atoms with Crippen molar-refractivity contribution < 1.29 is 4.74 Å². The highest BCUT2D eigenvalue weighted by Crippen LogP contribution is 2.19. The first kappa shape index (κ1) is 12.0. The average molecular weight is 240 g/mol. The molecule has 0 radical (unpaired) electrons. The summed E-state index contributed by atoms with van der Waals surface area (Å²) in [6.45, 7) is 0.941. The van der Waals surface area contributed by atoms with Crippen LogP contribution in [0.5, 0.6) is 0 Å². The number of nitrogens with one attached hydrogen (secondary N) is 1. The van der Waals surface area contributed by atoms with Crippen molar-refractivity contribution in [3.8, 4) is 0 Å². The van der Waals surface area contributed by atoms with E-state index < -0.39 is 0 Å². The molecular weight excluding hydrogens is 220 g/mol. The Morgan fingerprint density at radius 3 is 3.19 bits per heavy atom. The highest BCUT2D eigenvalue weighted by atomic mass is 32.1. The van der Waals surface area contributed by atoms with Gasteiger partial charge in [-0.1, -0.05) is 6.07 Å². The van der Waals surface area contributed by atoms with Gasteiger partial charge in [0.25, 0.3) is 0 Å². The highest BCUT2D eigenvalue weighted by molar-refractivity contribution is 7.09. The second-order valence-electron chi connectivity index (χ2n) is 4.36. The van der Waals surface area contributed by atoms with Crippen molar-refractivity contribution in [2.75, 3.05) is 6.61 Å². The number of hydrazine groups is 1. The summed E-state index contributed by atoms with van der Waals surface area (Å²) in [5.74, 6) is 5.59. The Balaban J connectivity index is 1.72. The quantitative estimate of drug-likeness (QED) is 0.591. The van der Waals surface area contributed by atoms with Gasteiger partial charge in [-0.3, -0.25) is 11.3 Å². The third-order valence-corrected chi connectivity index (χ3v) is 4.02. The van der Waals surface area contributed by atoms with Crippen molar-refractivity contribution in [1.29, 1.82) is 0 Å². The molecule has 1 aliphatic rings. The van der Waals surface area contributed by atoms with E-state index in [0.717, 1.165) is 25.9 Å². The Bertz CT molecular complexity index is 283. The molecule has 0 saturated carbocycles. The summed E-state index contributed by atoms with van der Waals surface area (Å²) in [4.78, 5) is 1.40. The maximum absolute atomic E-state index is 5.62. The van der Waals surface area contributed by atoms with E-state index in [1.165, 1.54) is 17.7 Å². The molecule has 2 atom stereocenters. The van der Waals surface area contributed by atoms with Gasteiger partial charge in [-0.2, -0.15) is 0 Å². The van der Waals surface area contributed by atoms with Crippen LogP contribution in [0.4, 0.5) is 0 Å². The molecule has 2 unspecified atom stereocenters. The molecule has 2 rings (SSSR count). The normalized spacial score (nSPS) is 22.4. The number of ether oxygens (including phenoxy) is 1. The molecule has 0 bridgehead atoms. The zero-order chi connectivity index (χ0) is 11.2. The Labute approximate surface area is 101 Å². The third kappa shape index (κ3) is 3.56. The largest absolute Gasteiger partial charge is 0.378 e. The van der Waals surface area contributed by atoms with E-state index in [-0.39, 0.29) is 0 Å². The van der Waals surface area contributed by atoms with Gasteiger partial charge in [0.1, 0.15) is 0 Å². The number of thiophene rings is 1. The minimum Gasteiger partial charge on any atom is -0.378 e. The molecule has 0 spiro atoms. The van der Waals surface area contributed by atoms with Gasteiger partial charge in [-0.25, -0.2) is 0 Å². The van der Waals surface area contributed by atoms with Gasteiger partial charge in [0.2, 0.25) is 0 Å². The van der Waals surface area contributed by atoms with Crippen LogP contribution >= 0.6 is 11.3 Å². The van der Waals surface area contributed by atoms with Crippen LogP contribution in [-0.2, 0) is 11.2 Å². The first-order valence-electron chi connectivity index (χ1n) is 5.98. The van der Waals surface area contributed by atoms with Crippen molar-refractivity contribution in [3.63, 3.8) is 0 Å². The summed E-state index contributed by atoms with van der Waals surface area (Å²) in [7, 11) is 0. The summed E-state index contributed by atoms with van der Waals surface area (Å²) in [6, 6.07) is 4.64. The molecular formula is C12H20N2OS. The van der Waals surface area contributed by atoms with Crippen molar-refractivity contribution in [1.82, 2.24) is 5.43 Å². The van der Waals surface area contributed by atoms with Gasteiger partial charge < -0.3 is 4.74 Å². The van der Waals surface area contributed by atoms with Crippen LogP contribution in [0.15, 0.2) is 17.5 Å². The zero-order valence-electron chi connectivity index (χ0n) is 9.52. The summed E-state index contributed by atoms with van der Waals surface area (Å²) < 4.78 is 5.62. The predicted molar refractivity (Wildman–Crippen MR) is 67.3 cm³/mol. The van der Waals surface area contributed by atoms with Gasteiger partial charge in [-0.05, 0) is 43.6 Å². The van der Waals surface area contributed by atoms with E-state index in [2.05, 4.69) is 22.9 Å². The van der Waals surface area contributed by atoms with E-state index in [1.807, 2.05) is 0 Å². The minimum atomic E-state index is 0.378. The zero-order valence-corrected chi connectivity index (χ0v) is 10.3. The molecule has 0 amide bonds. The molecule has 3 N–H and O–H groups in total. The number of hydrogen-bond acceptors (Lipinski definition) is 4. The van der Waals surface area contributed by atoms with E-state index in [9.17, 15) is 0 Å². The molecule has 1 fully saturated rings. The van der Waals surface area contributed by atoms with E-state index in [4.69, 9.17) is 10.6 Å². The molecule has 90 valence electrons. The van der Waals surface area contributed by atoms with Crippen LogP contribution in [0.1, 0.15) is 30.6 Å². The summed E-state index contributed by atoms with van der Waals surface area (Å²) in [6.07, 6.45) is 6.16. The topological polar surface area (TPSA) is 47.3 Å². The van der Waals surface area contributed by atoms with Crippen LogP contribution in [0.25, 0.3) is 0 Å². The maximum Gasteiger partial charge on any atom is 0.0576 e. The third-order valence-electron chi connectivity index (χ3n) is 3.12. The number of rotatable bonds is 6. The second-order valence-corrected chi connectivity index (χ2v) is 5.39. The lowest BCUT2D eigenvalue weighted by molar-refractivity contribution is 0.0996. The lowest BCUT2D eigenvalue weighted by atomic mass is 10.0. The second kappa shape index (κ2) is 6.35. The fourth-order valence-electron chi connectivity index (χ4n) is 2.17. The van der Waals surface area contributed by atoms with Crippen LogP contribution < -0.4 is 11.3 Å². The SMILES string of the molecule is NNC(CCC1CCCO1)Cc1cccs1. The molecule has 1 aliphatic heterocycles. The fourth-order valence-corrected chi connectivity index (χ4v) is 2.96. The lowest BCUT2D eigenvalue weighted by Gasteiger charge is -2.17. The average Bonchev–Trinajstić information content (AvgIpc) is 2.97. The first-order valence-corrected chi connectivity index (χ1v) is 6.86. The van der Waals surface area contributed by atoms with Crippen LogP contribution in [-0.4, -0.2) is 18.8 Å². The summed E-state index contributed by atoms with van der Waals surface area (Å²) in [5.41, 5.74) is 2.92. The summed E-state index contributed by atoms with van der Waals surface area (Å²) in [5, 5.41) is 2.11. The standard InChI is InChI=1S/C12H20N2OS/c13-14-10(9-12-4-2-8-16-12)5-6-11-3-1-7-15-11/h2,4,8,10-11,14H,1,3,5-7,9,13H2. The molecule has 3 nitrogen and oxygen atoms in total. The molecule has 1 aromatic heterocycles. The van der Waals surface area contributed by atoms with Gasteiger partial charge in [0, 0.05) is 17.5 Å². The van der Waals surface area contributed by atoms with Gasteiger partial charge in [0.05, 0.1) is 6.10 Å². The Hall–Kier alpha value is -0.420. The molecule has 4 heteroatoms. The van der Waals surface area contributed by atoms with E-state index >= 15 is 0 Å². The van der Waals surface area contributed by atoms with Gasteiger partial charge >= 0.3 is 0 Å². The number of nitrogens with two attached hydrogens (primary N) is 1. The minimum absolute atomic E-state index is 0.378. The maximum atomic E-state index is 5.62. The molecule has 0 aromatic carbocycles. The Morgan fingerprint density at radius 1 is 1.62 bits per heavy atom. The molecule has 1 saturated heterocycles. The van der Waals surface area contributed by atoms with Gasteiger partial charge in [0.15, 0.2) is 0 Å². The first-order chi connectivity index (χ1) is 7.88. The smallest absolute Gasteiger partial charge is 0.0576 e. The molecule has 16 heavy (non-hydrogen) atoms. The van der Waals surface area contributed by atoms with Crippen LogP contribution in [0.2, 0.25) is 0 Å². The number of hydrogen-bond donors (Lipinski definition) is 2. The van der Waals surface area contributed by atoms with Crippen molar-refractivity contribution in [3.05, 3.63) is 22.4 Å². The Kier molecular flexibility index (Phi) is 4.78.